The first-order valence-corrected chi connectivity index (χ1v) is 6.57. The van der Waals surface area contributed by atoms with Crippen LogP contribution in [-0.4, -0.2) is 4.98 Å². The number of hydrogen-bond donors (Lipinski definition) is 3. The molecule has 0 saturated heterocycles. The average Bonchev–Trinajstić information content (AvgIpc) is 2.74. The first kappa shape index (κ1) is 13.2. The number of aromatic nitrogens is 1. The van der Waals surface area contributed by atoms with Crippen LogP contribution in [-0.2, 0) is 6.54 Å². The molecule has 4 N–H and O–H groups in total. The van der Waals surface area contributed by atoms with Crippen molar-refractivity contribution in [3.8, 4) is 0 Å². The fourth-order valence-electron chi connectivity index (χ4n) is 1.31. The van der Waals surface area contributed by atoms with E-state index >= 15 is 0 Å². The van der Waals surface area contributed by atoms with Gasteiger partial charge in [-0.15, -0.1) is 11.3 Å². The van der Waals surface area contributed by atoms with Crippen molar-refractivity contribution in [2.75, 3.05) is 10.7 Å². The number of anilines is 2. The summed E-state index contributed by atoms with van der Waals surface area (Å²) in [4.78, 5) is 4.70. The van der Waals surface area contributed by atoms with Crippen molar-refractivity contribution in [1.29, 1.82) is 0 Å². The Kier molecular flexibility index (Phi) is 4.10. The minimum absolute atomic E-state index is 0.0512. The Morgan fingerprint density at radius 2 is 2.06 bits per heavy atom. The maximum Gasteiger partial charge on any atom is 0.178 e. The Morgan fingerprint density at radius 3 is 2.67 bits per heavy atom. The van der Waals surface area contributed by atoms with Crippen molar-refractivity contribution in [3.63, 3.8) is 0 Å². The number of hydrogen-bond acceptors (Lipinski definition) is 5. The largest absolute Gasteiger partial charge is 0.363 e. The summed E-state index contributed by atoms with van der Waals surface area (Å²) in [6.07, 6.45) is 0. The molecule has 0 aliphatic carbocycles. The molecule has 4 nitrogen and oxygen atoms in total. The Bertz CT molecular complexity index is 561. The van der Waals surface area contributed by atoms with E-state index in [1.54, 1.807) is 0 Å². The highest BCUT2D eigenvalue weighted by atomic mass is 79.9. The predicted octanol–water partition coefficient (Wildman–Crippen LogP) is 3.08. The van der Waals surface area contributed by atoms with Crippen LogP contribution in [0, 0.1) is 11.6 Å². The minimum Gasteiger partial charge on any atom is -0.363 e. The SMILES string of the molecule is NNc1nc(NCc2sccc2Br)c(F)cc1F. The number of nitrogens with two attached hydrogens (primary N) is 1. The fourth-order valence-corrected chi connectivity index (χ4v) is 2.74. The second-order valence-electron chi connectivity index (χ2n) is 3.34. The van der Waals surface area contributed by atoms with Gasteiger partial charge in [-0.3, -0.25) is 0 Å². The first-order valence-electron chi connectivity index (χ1n) is 4.90. The van der Waals surface area contributed by atoms with Crippen LogP contribution in [0.3, 0.4) is 0 Å². The van der Waals surface area contributed by atoms with Crippen molar-refractivity contribution >= 4 is 38.9 Å². The lowest BCUT2D eigenvalue weighted by Crippen LogP contribution is -2.13. The van der Waals surface area contributed by atoms with Crippen molar-refractivity contribution < 1.29 is 8.78 Å². The summed E-state index contributed by atoms with van der Waals surface area (Å²) in [5, 5.41) is 4.70. The molecule has 0 fully saturated rings. The molecule has 96 valence electrons. The van der Waals surface area contributed by atoms with Crippen LogP contribution in [0.1, 0.15) is 4.88 Å². The molecule has 0 saturated carbocycles. The Morgan fingerprint density at radius 1 is 1.33 bits per heavy atom. The molecule has 2 aromatic heterocycles. The number of nitrogens with zero attached hydrogens (tertiary/aromatic N) is 1. The summed E-state index contributed by atoms with van der Waals surface area (Å²) in [5.74, 6) is 3.22. The molecular weight excluding hydrogens is 326 g/mol. The van der Waals surface area contributed by atoms with Gasteiger partial charge in [-0.1, -0.05) is 0 Å². The summed E-state index contributed by atoms with van der Waals surface area (Å²) in [6, 6.07) is 2.62. The van der Waals surface area contributed by atoms with Gasteiger partial charge in [-0.2, -0.15) is 0 Å². The molecule has 2 heterocycles. The zero-order valence-corrected chi connectivity index (χ0v) is 11.4. The van der Waals surface area contributed by atoms with Crippen LogP contribution < -0.4 is 16.6 Å². The Labute approximate surface area is 114 Å². The highest BCUT2D eigenvalue weighted by molar-refractivity contribution is 9.10. The smallest absolute Gasteiger partial charge is 0.178 e. The van der Waals surface area contributed by atoms with Gasteiger partial charge in [0.2, 0.25) is 0 Å². The van der Waals surface area contributed by atoms with Crippen LogP contribution >= 0.6 is 27.3 Å². The second-order valence-corrected chi connectivity index (χ2v) is 5.19. The van der Waals surface area contributed by atoms with Crippen LogP contribution in [0.15, 0.2) is 22.0 Å². The highest BCUT2D eigenvalue weighted by Crippen LogP contribution is 2.24. The van der Waals surface area contributed by atoms with Gasteiger partial charge in [0.1, 0.15) is 0 Å². The van der Waals surface area contributed by atoms with Gasteiger partial charge >= 0.3 is 0 Å². The monoisotopic (exact) mass is 334 g/mol. The molecule has 0 bridgehead atoms. The zero-order chi connectivity index (χ0) is 13.1. The fraction of sp³-hybridized carbons (Fsp3) is 0.100. The van der Waals surface area contributed by atoms with Crippen molar-refractivity contribution in [2.24, 2.45) is 5.84 Å². The molecular formula is C10H9BrF2N4S. The van der Waals surface area contributed by atoms with Crippen LogP contribution in [0.25, 0.3) is 0 Å². The van der Waals surface area contributed by atoms with E-state index in [1.807, 2.05) is 11.4 Å². The van der Waals surface area contributed by atoms with Gasteiger partial charge in [0, 0.05) is 15.4 Å². The number of nitrogens with one attached hydrogen (secondary N) is 2. The predicted molar refractivity (Wildman–Crippen MR) is 71.3 cm³/mol. The number of rotatable bonds is 4. The Balaban J connectivity index is 2.16. The number of hydrazine groups is 1. The van der Waals surface area contributed by atoms with E-state index in [1.165, 1.54) is 11.3 Å². The molecule has 18 heavy (non-hydrogen) atoms. The third-order valence-electron chi connectivity index (χ3n) is 2.17. The van der Waals surface area contributed by atoms with Crippen molar-refractivity contribution in [1.82, 2.24) is 4.98 Å². The van der Waals surface area contributed by atoms with E-state index in [2.05, 4.69) is 31.7 Å². The standard InChI is InChI=1S/C10H9BrF2N4S/c11-5-1-2-18-8(5)4-15-9-6(12)3-7(13)10(16-9)17-14/h1-3H,4,14H2,(H2,15,16,17). The Hall–Kier alpha value is -1.25. The molecule has 0 aromatic carbocycles. The minimum atomic E-state index is -0.835. The zero-order valence-electron chi connectivity index (χ0n) is 9.01. The average molecular weight is 335 g/mol. The quantitative estimate of drug-likeness (QED) is 0.594. The van der Waals surface area contributed by atoms with Gasteiger partial charge in [-0.25, -0.2) is 19.6 Å². The topological polar surface area (TPSA) is 63.0 Å². The molecule has 0 atom stereocenters. The van der Waals surface area contributed by atoms with Gasteiger partial charge in [0.25, 0.3) is 0 Å². The molecule has 8 heteroatoms. The second kappa shape index (κ2) is 5.59. The van der Waals surface area contributed by atoms with E-state index in [-0.39, 0.29) is 11.6 Å². The van der Waals surface area contributed by atoms with Crippen molar-refractivity contribution in [2.45, 2.75) is 6.54 Å². The first-order chi connectivity index (χ1) is 8.61. The third kappa shape index (κ3) is 2.77. The van der Waals surface area contributed by atoms with E-state index in [0.717, 1.165) is 15.4 Å². The summed E-state index contributed by atoms with van der Waals surface area (Å²) >= 11 is 4.88. The number of thiophene rings is 1. The van der Waals surface area contributed by atoms with E-state index in [0.29, 0.717) is 6.54 Å². The lowest BCUT2D eigenvalue weighted by atomic mass is 10.4. The van der Waals surface area contributed by atoms with Crippen molar-refractivity contribution in [3.05, 3.63) is 38.5 Å². The van der Waals surface area contributed by atoms with Gasteiger partial charge in [0.05, 0.1) is 6.54 Å². The molecule has 0 spiro atoms. The van der Waals surface area contributed by atoms with E-state index in [9.17, 15) is 8.78 Å². The lowest BCUT2D eigenvalue weighted by Gasteiger charge is -2.08. The van der Waals surface area contributed by atoms with Gasteiger partial charge in [0.15, 0.2) is 23.3 Å². The molecule has 0 unspecified atom stereocenters. The van der Waals surface area contributed by atoms with Crippen LogP contribution in [0.5, 0.6) is 0 Å². The number of halogens is 3. The summed E-state index contributed by atoms with van der Waals surface area (Å²) in [5.41, 5.74) is 2.07. The maximum atomic E-state index is 13.5. The normalized spacial score (nSPS) is 10.4. The summed E-state index contributed by atoms with van der Waals surface area (Å²) in [6.45, 7) is 0.387. The number of pyridine rings is 1. The number of nitrogen functional groups attached to an aromatic ring is 1. The lowest BCUT2D eigenvalue weighted by molar-refractivity contribution is 0.578. The van der Waals surface area contributed by atoms with Gasteiger partial charge in [-0.05, 0) is 27.4 Å². The molecule has 2 aromatic rings. The maximum absolute atomic E-state index is 13.5. The molecule has 0 aliphatic rings. The summed E-state index contributed by atoms with van der Waals surface area (Å²) < 4.78 is 27.5. The molecule has 2 rings (SSSR count). The van der Waals surface area contributed by atoms with E-state index in [4.69, 9.17) is 5.84 Å². The van der Waals surface area contributed by atoms with Crippen LogP contribution in [0.4, 0.5) is 20.4 Å². The summed E-state index contributed by atoms with van der Waals surface area (Å²) in [7, 11) is 0. The molecule has 0 radical (unpaired) electrons. The molecule has 0 amide bonds. The van der Waals surface area contributed by atoms with E-state index < -0.39 is 11.6 Å². The van der Waals surface area contributed by atoms with Gasteiger partial charge < -0.3 is 10.7 Å². The van der Waals surface area contributed by atoms with Crippen LogP contribution in [0.2, 0.25) is 0 Å². The highest BCUT2D eigenvalue weighted by Gasteiger charge is 2.11. The molecule has 0 aliphatic heterocycles. The third-order valence-corrected chi connectivity index (χ3v) is 4.10.